The van der Waals surface area contributed by atoms with Crippen molar-refractivity contribution in [3.05, 3.63) is 71.5 Å². The monoisotopic (exact) mass is 413 g/mol. The zero-order valence-electron chi connectivity index (χ0n) is 16.3. The topological polar surface area (TPSA) is 54.0 Å². The van der Waals surface area contributed by atoms with E-state index in [1.807, 2.05) is 24.3 Å². The molecular weight excluding hydrogens is 389 g/mol. The molecule has 0 spiro atoms. The predicted octanol–water partition coefficient (Wildman–Crippen LogP) is 5.26. The second-order valence-corrected chi connectivity index (χ2v) is 7.52. The number of halogens is 2. The van der Waals surface area contributed by atoms with Crippen LogP contribution in [0.5, 0.6) is 0 Å². The summed E-state index contributed by atoms with van der Waals surface area (Å²) in [6.45, 7) is 1.67. The number of aryl methyl sites for hydroxylation is 1. The second kappa shape index (κ2) is 9.23. The minimum Gasteiger partial charge on any atom is -0.367 e. The summed E-state index contributed by atoms with van der Waals surface area (Å²) in [5.74, 6) is 0.481. The highest BCUT2D eigenvalue weighted by Gasteiger charge is 2.23. The molecule has 1 saturated carbocycles. The molecule has 3 aromatic rings. The van der Waals surface area contributed by atoms with Crippen LogP contribution in [0, 0.1) is 12.7 Å². The van der Waals surface area contributed by atoms with Crippen molar-refractivity contribution in [3.63, 3.8) is 0 Å². The van der Waals surface area contributed by atoms with Crippen molar-refractivity contribution in [2.45, 2.75) is 44.7 Å². The third-order valence-electron chi connectivity index (χ3n) is 5.43. The summed E-state index contributed by atoms with van der Waals surface area (Å²) in [4.78, 5) is 17.1. The van der Waals surface area contributed by atoms with Crippen molar-refractivity contribution < 1.29 is 9.18 Å². The number of pyridine rings is 1. The molecule has 4 nitrogen and oxygen atoms in total. The van der Waals surface area contributed by atoms with E-state index in [1.54, 1.807) is 13.0 Å². The van der Waals surface area contributed by atoms with Crippen molar-refractivity contribution in [2.24, 2.45) is 0 Å². The number of rotatable bonds is 4. The van der Waals surface area contributed by atoms with Gasteiger partial charge in [-0.1, -0.05) is 18.2 Å². The summed E-state index contributed by atoms with van der Waals surface area (Å²) < 4.78 is 13.4. The quantitative estimate of drug-likeness (QED) is 0.613. The Morgan fingerprint density at radius 1 is 1.00 bits per heavy atom. The molecule has 0 bridgehead atoms. The van der Waals surface area contributed by atoms with Gasteiger partial charge in [-0.2, -0.15) is 0 Å². The first kappa shape index (κ1) is 21.1. The molecule has 0 radical (unpaired) electrons. The van der Waals surface area contributed by atoms with Gasteiger partial charge in [0, 0.05) is 23.0 Å². The fourth-order valence-corrected chi connectivity index (χ4v) is 3.79. The molecule has 0 saturated heterocycles. The van der Waals surface area contributed by atoms with Crippen LogP contribution in [0.4, 0.5) is 10.2 Å². The predicted molar refractivity (Wildman–Crippen MR) is 117 cm³/mol. The number of para-hydroxylation sites is 1. The smallest absolute Gasteiger partial charge is 0.251 e. The standard InChI is InChI=1S/C23H24FN3O.ClH/c1-15-14-17(6-12-20(15)24)23(28)26-19-10-8-18(9-11-19)25-22-13-7-16-4-2-3-5-21(16)27-22;/h2-7,12-14,18-19H,8-11H2,1H3,(H,25,27)(H,26,28);1H. The van der Waals surface area contributed by atoms with Gasteiger partial charge in [0.05, 0.1) is 5.52 Å². The Morgan fingerprint density at radius 2 is 1.72 bits per heavy atom. The molecule has 1 fully saturated rings. The maximum atomic E-state index is 13.4. The molecule has 152 valence electrons. The van der Waals surface area contributed by atoms with Crippen molar-refractivity contribution >= 4 is 35.0 Å². The lowest BCUT2D eigenvalue weighted by Gasteiger charge is -2.30. The van der Waals surface area contributed by atoms with Gasteiger partial charge in [0.2, 0.25) is 0 Å². The number of benzene rings is 2. The van der Waals surface area contributed by atoms with Crippen LogP contribution in [0.25, 0.3) is 10.9 Å². The van der Waals surface area contributed by atoms with E-state index in [9.17, 15) is 9.18 Å². The van der Waals surface area contributed by atoms with E-state index in [2.05, 4.69) is 27.8 Å². The molecule has 0 atom stereocenters. The van der Waals surface area contributed by atoms with Gasteiger partial charge in [-0.15, -0.1) is 12.4 Å². The first-order valence-corrected chi connectivity index (χ1v) is 9.78. The molecule has 1 amide bonds. The zero-order valence-corrected chi connectivity index (χ0v) is 17.1. The van der Waals surface area contributed by atoms with Gasteiger partial charge in [-0.05, 0) is 74.6 Å². The Hall–Kier alpha value is -2.66. The van der Waals surface area contributed by atoms with Crippen molar-refractivity contribution in [1.82, 2.24) is 10.3 Å². The van der Waals surface area contributed by atoms with E-state index >= 15 is 0 Å². The average molecular weight is 414 g/mol. The van der Waals surface area contributed by atoms with Crippen LogP contribution >= 0.6 is 12.4 Å². The third kappa shape index (κ3) is 5.04. The first-order chi connectivity index (χ1) is 13.6. The molecule has 4 rings (SSSR count). The number of hydrogen-bond acceptors (Lipinski definition) is 3. The van der Waals surface area contributed by atoms with E-state index in [1.165, 1.54) is 12.1 Å². The Bertz CT molecular complexity index is 1000. The van der Waals surface area contributed by atoms with Crippen LogP contribution in [0.3, 0.4) is 0 Å². The fraction of sp³-hybridized carbons (Fsp3) is 0.304. The Morgan fingerprint density at radius 3 is 2.48 bits per heavy atom. The minimum absolute atomic E-state index is 0. The number of fused-ring (bicyclic) bond motifs is 1. The maximum Gasteiger partial charge on any atom is 0.251 e. The summed E-state index contributed by atoms with van der Waals surface area (Å²) in [6, 6.07) is 17.2. The SMILES string of the molecule is Cc1cc(C(=O)NC2CCC(Nc3ccc4ccccc4n3)CC2)ccc1F.Cl. The van der Waals surface area contributed by atoms with Gasteiger partial charge in [0.25, 0.3) is 5.91 Å². The second-order valence-electron chi connectivity index (χ2n) is 7.52. The number of nitrogens with one attached hydrogen (secondary N) is 2. The molecule has 2 aromatic carbocycles. The van der Waals surface area contributed by atoms with Crippen molar-refractivity contribution in [2.75, 3.05) is 5.32 Å². The number of carbonyl (C=O) groups is 1. The van der Waals surface area contributed by atoms with E-state index in [0.29, 0.717) is 17.2 Å². The normalized spacial score (nSPS) is 18.7. The number of anilines is 1. The highest BCUT2D eigenvalue weighted by atomic mass is 35.5. The van der Waals surface area contributed by atoms with Gasteiger partial charge >= 0.3 is 0 Å². The van der Waals surface area contributed by atoms with Gasteiger partial charge in [-0.25, -0.2) is 9.37 Å². The minimum atomic E-state index is -0.287. The molecule has 1 heterocycles. The summed E-state index contributed by atoms with van der Waals surface area (Å²) in [5.41, 5.74) is 1.99. The van der Waals surface area contributed by atoms with Crippen LogP contribution in [0.2, 0.25) is 0 Å². The molecular formula is C23H25ClFN3O. The summed E-state index contributed by atoms with van der Waals surface area (Å²) >= 11 is 0. The number of hydrogen-bond donors (Lipinski definition) is 2. The molecule has 1 aliphatic rings. The van der Waals surface area contributed by atoms with Crippen molar-refractivity contribution in [3.8, 4) is 0 Å². The van der Waals surface area contributed by atoms with Crippen LogP contribution in [-0.2, 0) is 0 Å². The highest BCUT2D eigenvalue weighted by Crippen LogP contribution is 2.23. The largest absolute Gasteiger partial charge is 0.367 e. The van der Waals surface area contributed by atoms with Crippen LogP contribution < -0.4 is 10.6 Å². The van der Waals surface area contributed by atoms with E-state index in [4.69, 9.17) is 0 Å². The van der Waals surface area contributed by atoms with Gasteiger partial charge in [-0.3, -0.25) is 4.79 Å². The van der Waals surface area contributed by atoms with E-state index in [0.717, 1.165) is 42.4 Å². The van der Waals surface area contributed by atoms with Gasteiger partial charge in [0.15, 0.2) is 0 Å². The Balaban J connectivity index is 0.00000240. The maximum absolute atomic E-state index is 13.4. The fourth-order valence-electron chi connectivity index (χ4n) is 3.79. The van der Waals surface area contributed by atoms with Crippen LogP contribution in [0.15, 0.2) is 54.6 Å². The lowest BCUT2D eigenvalue weighted by Crippen LogP contribution is -2.40. The number of nitrogens with zero attached hydrogens (tertiary/aromatic N) is 1. The highest BCUT2D eigenvalue weighted by molar-refractivity contribution is 5.94. The molecule has 1 aliphatic carbocycles. The zero-order chi connectivity index (χ0) is 19.5. The summed E-state index contributed by atoms with van der Waals surface area (Å²) in [6.07, 6.45) is 3.78. The summed E-state index contributed by atoms with van der Waals surface area (Å²) in [7, 11) is 0. The average Bonchev–Trinajstić information content (AvgIpc) is 2.71. The van der Waals surface area contributed by atoms with Crippen LogP contribution in [0.1, 0.15) is 41.6 Å². The summed E-state index contributed by atoms with van der Waals surface area (Å²) in [5, 5.41) is 7.75. The number of amides is 1. The van der Waals surface area contributed by atoms with Crippen molar-refractivity contribution in [1.29, 1.82) is 0 Å². The molecule has 2 N–H and O–H groups in total. The molecule has 29 heavy (non-hydrogen) atoms. The Labute approximate surface area is 176 Å². The lowest BCUT2D eigenvalue weighted by molar-refractivity contribution is 0.0926. The lowest BCUT2D eigenvalue weighted by atomic mass is 9.91. The number of carbonyl (C=O) groups excluding carboxylic acids is 1. The van der Waals surface area contributed by atoms with Gasteiger partial charge < -0.3 is 10.6 Å². The number of aromatic nitrogens is 1. The van der Waals surface area contributed by atoms with E-state index < -0.39 is 0 Å². The van der Waals surface area contributed by atoms with Gasteiger partial charge in [0.1, 0.15) is 11.6 Å². The first-order valence-electron chi connectivity index (χ1n) is 9.78. The Kier molecular flexibility index (Phi) is 6.70. The van der Waals surface area contributed by atoms with E-state index in [-0.39, 0.29) is 30.2 Å². The molecule has 6 heteroatoms. The third-order valence-corrected chi connectivity index (χ3v) is 5.43. The van der Waals surface area contributed by atoms with Crippen LogP contribution in [-0.4, -0.2) is 23.0 Å². The molecule has 0 unspecified atom stereocenters. The molecule has 1 aromatic heterocycles. The molecule has 0 aliphatic heterocycles.